The molecule has 46 nitrogen and oxygen atoms in total. The Kier molecular flexibility index (Phi) is 40.5. The van der Waals surface area contributed by atoms with E-state index in [0.717, 1.165) is 31.5 Å². The maximum Gasteiger partial charge on any atom is 0.323 e. The van der Waals surface area contributed by atoms with Crippen molar-refractivity contribution in [3.8, 4) is 5.75 Å². The highest BCUT2D eigenvalue weighted by Crippen LogP contribution is 2.29. The number of carbonyl (C=O) groups excluding carboxylic acids is 16. The quantitative estimate of drug-likeness (QED) is 0.0302. The smallest absolute Gasteiger partial charge is 0.323 e. The van der Waals surface area contributed by atoms with E-state index in [-0.39, 0.29) is 76.6 Å². The Hall–Kier alpha value is -14.1. The zero-order chi connectivity index (χ0) is 102. The zero-order valence-electron chi connectivity index (χ0n) is 77.6. The number of carbonyl (C=O) groups is 20. The normalized spacial score (nSPS) is 25.5. The molecule has 47 heteroatoms. The van der Waals surface area contributed by atoms with E-state index in [1.165, 1.54) is 56.0 Å². The van der Waals surface area contributed by atoms with E-state index >= 15 is 33.6 Å². The van der Waals surface area contributed by atoms with Gasteiger partial charge in [0, 0.05) is 119 Å². The lowest BCUT2D eigenvalue weighted by molar-refractivity contribution is -0.149. The average Bonchev–Trinajstić information content (AvgIpc) is 1.68. The number of aliphatic hydroxyl groups is 1. The number of fused-ring (bicyclic) bond motifs is 7. The molecule has 6 heterocycles. The topological polar surface area (TPSA) is 698 Å². The van der Waals surface area contributed by atoms with Gasteiger partial charge in [-0.15, -0.1) is 11.8 Å². The number of aliphatic hydroxyl groups excluding tert-OH is 1. The van der Waals surface area contributed by atoms with Crippen LogP contribution in [0.1, 0.15) is 139 Å². The van der Waals surface area contributed by atoms with Crippen molar-refractivity contribution in [3.05, 3.63) is 114 Å². The van der Waals surface area contributed by atoms with Gasteiger partial charge in [-0.1, -0.05) is 79.9 Å². The van der Waals surface area contributed by atoms with E-state index in [0.29, 0.717) is 82.4 Å². The van der Waals surface area contributed by atoms with Crippen LogP contribution in [-0.2, 0) is 122 Å². The van der Waals surface area contributed by atoms with E-state index < -0.39 is 292 Å². The number of aromatic amines is 1. The van der Waals surface area contributed by atoms with Gasteiger partial charge in [-0.25, -0.2) is 0 Å². The second-order valence-electron chi connectivity index (χ2n) is 35.0. The minimum Gasteiger partial charge on any atom is -0.508 e. The molecule has 139 heavy (non-hydrogen) atoms. The Morgan fingerprint density at radius 3 is 1.69 bits per heavy atom. The highest BCUT2D eigenvalue weighted by atomic mass is 32.2. The fourth-order valence-electron chi connectivity index (χ4n) is 17.3. The SMILES string of the molecule is C[C@H]1C(=O)N[C@@H](CC(=O)O)C(=O)N2CCC[C@H]2C(=O)N[C@@H](CN)C(=O)N[C@@H](CCC(=O)O)C(=O)N2C[C@H](O)C[C@H]2C(=O)N[C@@H](Cc2c[nH]c3ccccc23)C(=O)N[C@@H](CCN)C(=O)N[C@@H](Cc2cn(CC(=O)O)c3ccccc23)C(=O)N(C)C2CCCCC/C=C\CCCC[C@@H](C(=O)N[C@@H](CCC(=O)O)C(=O)N[C@H](C(=O)NCC(N)=O)CSCC(=O)N[C@@H](Cc3ccc(O)cc3)C(=O)N1C)N(C)C2=O. The Labute approximate surface area is 803 Å². The van der Waals surface area contributed by atoms with Crippen LogP contribution in [0.4, 0.5) is 0 Å². The molecular formula is C92H124N20O26S. The third-order valence-corrected chi connectivity index (χ3v) is 25.9. The van der Waals surface area contributed by atoms with Gasteiger partial charge in [0.05, 0.1) is 24.8 Å². The minimum atomic E-state index is -1.97. The number of likely N-dealkylation sites (N-methyl/N-ethyl adjacent to an activating group) is 3. The number of aromatic hydroxyl groups is 1. The average molecular weight is 1960 g/mol. The molecule has 3 aromatic carbocycles. The number of nitrogens with two attached hydrogens (primary N) is 3. The largest absolute Gasteiger partial charge is 0.508 e. The summed E-state index contributed by atoms with van der Waals surface area (Å²) in [5.74, 6) is -24.1. The van der Waals surface area contributed by atoms with Crippen molar-refractivity contribution >= 4 is 152 Å². The predicted molar refractivity (Wildman–Crippen MR) is 500 cm³/mol. The Morgan fingerprint density at radius 1 is 0.489 bits per heavy atom. The lowest BCUT2D eigenvalue weighted by Gasteiger charge is -2.36. The molecule has 9 rings (SSSR count). The molecular weight excluding hydrogens is 1830 g/mol. The summed E-state index contributed by atoms with van der Waals surface area (Å²) in [5, 5.41) is 88.3. The number of amides is 16. The monoisotopic (exact) mass is 1960 g/mol. The molecule has 15 atom stereocenters. The molecule has 3 fully saturated rings. The van der Waals surface area contributed by atoms with E-state index in [2.05, 4.69) is 58.2 Å². The van der Waals surface area contributed by atoms with Gasteiger partial charge in [-0.05, 0) is 125 Å². The molecule has 0 spiro atoms. The summed E-state index contributed by atoms with van der Waals surface area (Å²) < 4.78 is 1.40. The summed E-state index contributed by atoms with van der Waals surface area (Å²) in [6, 6.07) is -5.10. The van der Waals surface area contributed by atoms with E-state index in [1.54, 1.807) is 54.7 Å². The summed E-state index contributed by atoms with van der Waals surface area (Å²) in [5.41, 5.74) is 19.8. The van der Waals surface area contributed by atoms with Crippen LogP contribution in [-0.4, -0.2) is 339 Å². The third kappa shape index (κ3) is 30.7. The number of phenols is 1. The molecule has 23 N–H and O–H groups in total. The molecule has 0 aliphatic carbocycles. The molecule has 4 aliphatic rings. The number of primary amides is 1. The van der Waals surface area contributed by atoms with Gasteiger partial charge in [0.25, 0.3) is 0 Å². The maximum atomic E-state index is 16.1. The van der Waals surface area contributed by atoms with Crippen molar-refractivity contribution in [2.24, 2.45) is 17.2 Å². The number of carboxylic acids is 4. The standard InChI is InChI=1S/C92H124N20O26S/c1-50-79(125)103-65(41-77(121)122)91(137)111-36-18-25-70(111)86(132)105-66(42-94)84(130)101-61(31-33-76(119)120)90(136)112-46-55(114)40-72(112)87(133)102-62(38-52-43-96-58-21-16-14-19-56(52)58)83(129)99-60(34-35-93)82(128)104-64(39-53-45-110(47-78(123)124)68-22-17-15-20-57(53)68)89(135)109(4)71-24-13-11-9-7-5-6-8-10-12-23-69(108(3)92(71)138)85(131)100-59(30-32-75(117)118)81(127)106-67(80(126)97-44-73(95)115)48-139-49-74(116)98-63(88(134)107(50)2)37-51-26-28-54(113)29-27-51/h5-6,14-17,19-22,26-29,43,45,50,55,59-67,69-72,96,113-114H,7-13,18,23-25,30-42,44,46-49,93-94H2,1-4H3,(H2,95,115)(H,97,126)(H,98,116)(H,99,129)(H,100,131)(H,101,130)(H,102,133)(H,103,125)(H,104,128)(H,105,132)(H,106,127)(H,117,118)(H,119,120)(H,121,122)(H,123,124)/b6-5-/t50-,55+,59-,60-,61-,62-,63-,64-,65-,66-,67-,69-,70-,71?,72-/m0/s1. The maximum absolute atomic E-state index is 16.1. The van der Waals surface area contributed by atoms with Crippen LogP contribution in [0.2, 0.25) is 0 Å². The van der Waals surface area contributed by atoms with Crippen molar-refractivity contribution in [3.63, 3.8) is 0 Å². The van der Waals surface area contributed by atoms with Crippen molar-refractivity contribution in [1.82, 2.24) is 87.2 Å². The number of nitrogens with zero attached hydrogens (tertiary/aromatic N) is 6. The summed E-state index contributed by atoms with van der Waals surface area (Å²) >= 11 is 0.674. The molecule has 0 radical (unpaired) electrons. The zero-order valence-corrected chi connectivity index (χ0v) is 78.4. The number of thioether (sulfide) groups is 1. The lowest BCUT2D eigenvalue weighted by Crippen LogP contribution is -2.61. The number of rotatable bonds is 22. The second kappa shape index (κ2) is 51.9. The first-order chi connectivity index (χ1) is 66.2. The number of phenolic OH excluding ortho intramolecular Hbond substituents is 1. The Balaban J connectivity index is 1.12. The first-order valence-electron chi connectivity index (χ1n) is 45.9. The number of nitrogens with one attached hydrogen (secondary N) is 11. The number of para-hydroxylation sites is 2. The van der Waals surface area contributed by atoms with E-state index in [1.807, 2.05) is 12.2 Å². The fraction of sp³-hybridized carbons (Fsp3) is 0.522. The number of benzene rings is 3. The van der Waals surface area contributed by atoms with Crippen molar-refractivity contribution in [1.29, 1.82) is 0 Å². The van der Waals surface area contributed by atoms with Gasteiger partial charge in [0.15, 0.2) is 0 Å². The van der Waals surface area contributed by atoms with Gasteiger partial charge < -0.3 is 135 Å². The number of hydrogen-bond donors (Lipinski definition) is 20. The Bertz CT molecular complexity index is 5360. The number of H-pyrrole nitrogens is 1. The third-order valence-electron chi connectivity index (χ3n) is 24.9. The van der Waals surface area contributed by atoms with Gasteiger partial charge in [0.1, 0.15) is 96.9 Å². The minimum absolute atomic E-state index is 0.0845. The lowest BCUT2D eigenvalue weighted by atomic mass is 9.99. The Morgan fingerprint density at radius 2 is 1.02 bits per heavy atom. The molecule has 754 valence electrons. The molecule has 5 aromatic rings. The second-order valence-corrected chi connectivity index (χ2v) is 36.0. The van der Waals surface area contributed by atoms with Crippen LogP contribution >= 0.6 is 11.8 Å². The highest BCUT2D eigenvalue weighted by molar-refractivity contribution is 8.00. The number of hydrogen-bond acceptors (Lipinski definition) is 25. The van der Waals surface area contributed by atoms with Crippen LogP contribution in [0.25, 0.3) is 21.8 Å². The van der Waals surface area contributed by atoms with Crippen molar-refractivity contribution in [2.45, 2.75) is 239 Å². The van der Waals surface area contributed by atoms with Crippen molar-refractivity contribution in [2.75, 3.05) is 65.4 Å². The molecule has 2 aromatic heterocycles. The van der Waals surface area contributed by atoms with Crippen molar-refractivity contribution < 1.29 is 127 Å². The highest BCUT2D eigenvalue weighted by Gasteiger charge is 2.47. The molecule has 16 amide bonds. The first kappa shape index (κ1) is 109. The van der Waals surface area contributed by atoms with Crippen LogP contribution in [0.3, 0.4) is 0 Å². The van der Waals surface area contributed by atoms with Gasteiger partial charge in [-0.3, -0.25) is 95.9 Å². The van der Waals surface area contributed by atoms with Crippen LogP contribution in [0.5, 0.6) is 5.75 Å². The van der Waals surface area contributed by atoms with Crippen LogP contribution in [0, 0.1) is 0 Å². The summed E-state index contributed by atoms with van der Waals surface area (Å²) in [6.07, 6.45) is 2.27. The number of carboxylic acid groups (broad SMARTS) is 4. The van der Waals surface area contributed by atoms with Crippen LogP contribution in [0.15, 0.2) is 97.3 Å². The molecule has 3 saturated heterocycles. The molecule has 1 unspecified atom stereocenters. The fourth-order valence-corrected chi connectivity index (χ4v) is 18.1. The van der Waals surface area contributed by atoms with Gasteiger partial charge in [-0.2, -0.15) is 0 Å². The number of allylic oxidation sites excluding steroid dienone is 2. The number of aromatic nitrogens is 2. The summed E-state index contributed by atoms with van der Waals surface area (Å²) in [6.45, 7) is -2.10. The van der Waals surface area contributed by atoms with Crippen LogP contribution < -0.4 is 70.4 Å². The molecule has 4 aliphatic heterocycles. The summed E-state index contributed by atoms with van der Waals surface area (Å²) in [4.78, 5) is 295. The van der Waals surface area contributed by atoms with Gasteiger partial charge in [0.2, 0.25) is 94.5 Å². The molecule has 0 saturated carbocycles. The van der Waals surface area contributed by atoms with Gasteiger partial charge >= 0.3 is 23.9 Å². The predicted octanol–water partition coefficient (Wildman–Crippen LogP) is -3.30. The van der Waals surface area contributed by atoms with E-state index in [9.17, 15) is 93.0 Å². The van der Waals surface area contributed by atoms with E-state index in [4.69, 9.17) is 17.2 Å². The summed E-state index contributed by atoms with van der Waals surface area (Å²) in [7, 11) is 3.70. The molecule has 2 bridgehead atoms. The number of aliphatic carboxylic acids is 4. The first-order valence-corrected chi connectivity index (χ1v) is 47.1.